The second-order valence-electron chi connectivity index (χ2n) is 6.24. The number of benzene rings is 1. The smallest absolute Gasteiger partial charge is 0.276 e. The molecule has 0 aliphatic carbocycles. The Bertz CT molecular complexity index is 690. The van der Waals surface area contributed by atoms with Crippen molar-refractivity contribution < 1.29 is 18.7 Å². The van der Waals surface area contributed by atoms with Crippen LogP contribution in [0.1, 0.15) is 34.7 Å². The maximum Gasteiger partial charge on any atom is 0.276 e. The molecule has 0 bridgehead atoms. The molecule has 1 saturated heterocycles. The van der Waals surface area contributed by atoms with Crippen LogP contribution in [0.25, 0.3) is 0 Å². The van der Waals surface area contributed by atoms with Gasteiger partial charge in [0.25, 0.3) is 5.91 Å². The van der Waals surface area contributed by atoms with E-state index in [0.717, 1.165) is 37.2 Å². The Morgan fingerprint density at radius 3 is 2.76 bits per heavy atom. The van der Waals surface area contributed by atoms with Crippen molar-refractivity contribution in [2.45, 2.75) is 32.3 Å². The molecular formula is C19H24N2O4. The van der Waals surface area contributed by atoms with Gasteiger partial charge < -0.3 is 18.8 Å². The van der Waals surface area contributed by atoms with Crippen molar-refractivity contribution in [1.82, 2.24) is 9.88 Å². The lowest BCUT2D eigenvalue weighted by Gasteiger charge is -2.25. The summed E-state index contributed by atoms with van der Waals surface area (Å²) in [6.07, 6.45) is 4.22. The van der Waals surface area contributed by atoms with Crippen LogP contribution < -0.4 is 4.74 Å². The first-order chi connectivity index (χ1) is 12.2. The molecule has 6 nitrogen and oxygen atoms in total. The van der Waals surface area contributed by atoms with E-state index in [4.69, 9.17) is 13.9 Å². The van der Waals surface area contributed by atoms with Crippen LogP contribution in [-0.4, -0.2) is 48.7 Å². The first-order valence-electron chi connectivity index (χ1n) is 8.61. The van der Waals surface area contributed by atoms with Crippen molar-refractivity contribution >= 4 is 5.91 Å². The highest BCUT2D eigenvalue weighted by Crippen LogP contribution is 2.17. The fourth-order valence-corrected chi connectivity index (χ4v) is 3.03. The molecule has 1 aromatic heterocycles. The minimum absolute atomic E-state index is 0.102. The Morgan fingerprint density at radius 2 is 2.16 bits per heavy atom. The van der Waals surface area contributed by atoms with Gasteiger partial charge in [-0.15, -0.1) is 0 Å². The summed E-state index contributed by atoms with van der Waals surface area (Å²) in [5, 5.41) is 0. The third-order valence-electron chi connectivity index (χ3n) is 4.51. The molecule has 0 spiro atoms. The lowest BCUT2D eigenvalue weighted by molar-refractivity contribution is 0.0523. The van der Waals surface area contributed by atoms with Crippen LogP contribution in [0, 0.1) is 6.92 Å². The van der Waals surface area contributed by atoms with Gasteiger partial charge in [-0.1, -0.05) is 12.1 Å². The maximum absolute atomic E-state index is 12.9. The van der Waals surface area contributed by atoms with E-state index in [1.165, 1.54) is 6.39 Å². The average molecular weight is 344 g/mol. The zero-order chi connectivity index (χ0) is 17.6. The van der Waals surface area contributed by atoms with Crippen LogP contribution in [-0.2, 0) is 11.2 Å². The fourth-order valence-electron chi connectivity index (χ4n) is 3.03. The van der Waals surface area contributed by atoms with Gasteiger partial charge in [0.1, 0.15) is 11.5 Å². The summed E-state index contributed by atoms with van der Waals surface area (Å²) in [7, 11) is 1.65. The molecule has 2 aromatic rings. The SMILES string of the molecule is COc1ccc(CCN(C[C@@H]2CCCO2)C(=O)c2ncoc2C)cc1. The first-order valence-corrected chi connectivity index (χ1v) is 8.61. The molecule has 0 radical (unpaired) electrons. The van der Waals surface area contributed by atoms with Crippen molar-refractivity contribution in [2.75, 3.05) is 26.8 Å². The van der Waals surface area contributed by atoms with E-state index in [1.54, 1.807) is 14.0 Å². The van der Waals surface area contributed by atoms with E-state index in [1.807, 2.05) is 29.2 Å². The van der Waals surface area contributed by atoms with E-state index in [9.17, 15) is 4.79 Å². The van der Waals surface area contributed by atoms with E-state index in [2.05, 4.69) is 4.98 Å². The molecule has 0 unspecified atom stereocenters. The van der Waals surface area contributed by atoms with Gasteiger partial charge in [-0.2, -0.15) is 0 Å². The summed E-state index contributed by atoms with van der Waals surface area (Å²) < 4.78 is 16.1. The molecule has 1 aliphatic rings. The minimum Gasteiger partial charge on any atom is -0.497 e. The summed E-state index contributed by atoms with van der Waals surface area (Å²) in [6, 6.07) is 7.91. The van der Waals surface area contributed by atoms with E-state index < -0.39 is 0 Å². The zero-order valence-electron chi connectivity index (χ0n) is 14.7. The second kappa shape index (κ2) is 8.16. The van der Waals surface area contributed by atoms with Crippen molar-refractivity contribution in [3.8, 4) is 5.75 Å². The molecule has 134 valence electrons. The number of carbonyl (C=O) groups is 1. The molecule has 1 aromatic carbocycles. The van der Waals surface area contributed by atoms with Crippen LogP contribution >= 0.6 is 0 Å². The molecule has 0 N–H and O–H groups in total. The summed E-state index contributed by atoms with van der Waals surface area (Å²) in [6.45, 7) is 3.72. The third-order valence-corrected chi connectivity index (χ3v) is 4.51. The number of nitrogens with zero attached hydrogens (tertiary/aromatic N) is 2. The molecule has 1 fully saturated rings. The third kappa shape index (κ3) is 4.39. The standard InChI is InChI=1S/C19H24N2O4/c1-14-18(20-13-25-14)19(22)21(12-17-4-3-11-24-17)10-9-15-5-7-16(23-2)8-6-15/h5-8,13,17H,3-4,9-12H2,1-2H3/t17-/m0/s1. The Labute approximate surface area is 147 Å². The summed E-state index contributed by atoms with van der Waals surface area (Å²) in [4.78, 5) is 18.8. The van der Waals surface area contributed by atoms with Crippen LogP contribution in [0.5, 0.6) is 5.75 Å². The molecule has 2 heterocycles. The van der Waals surface area contributed by atoms with E-state index >= 15 is 0 Å². The normalized spacial score (nSPS) is 16.8. The number of ether oxygens (including phenoxy) is 2. The molecular weight excluding hydrogens is 320 g/mol. The highest BCUT2D eigenvalue weighted by atomic mass is 16.5. The van der Waals surface area contributed by atoms with Crippen molar-refractivity contribution in [3.63, 3.8) is 0 Å². The topological polar surface area (TPSA) is 64.8 Å². The summed E-state index contributed by atoms with van der Waals surface area (Å²) in [5.74, 6) is 1.27. The Hall–Kier alpha value is -2.34. The molecule has 1 aliphatic heterocycles. The van der Waals surface area contributed by atoms with Crippen LogP contribution in [0.15, 0.2) is 35.1 Å². The molecule has 3 rings (SSSR count). The van der Waals surface area contributed by atoms with Crippen LogP contribution in [0.2, 0.25) is 0 Å². The number of aromatic nitrogens is 1. The number of hydrogen-bond donors (Lipinski definition) is 0. The van der Waals surface area contributed by atoms with E-state index in [0.29, 0.717) is 24.5 Å². The number of oxazole rings is 1. The number of carbonyl (C=O) groups excluding carboxylic acids is 1. The predicted molar refractivity (Wildman–Crippen MR) is 92.8 cm³/mol. The number of amides is 1. The maximum atomic E-state index is 12.9. The number of aryl methyl sites for hydroxylation is 1. The fraction of sp³-hybridized carbons (Fsp3) is 0.474. The average Bonchev–Trinajstić information content (AvgIpc) is 3.30. The van der Waals surface area contributed by atoms with Crippen molar-refractivity contribution in [3.05, 3.63) is 47.7 Å². The lowest BCUT2D eigenvalue weighted by atomic mass is 10.1. The van der Waals surface area contributed by atoms with Gasteiger partial charge in [-0.05, 0) is 43.9 Å². The monoisotopic (exact) mass is 344 g/mol. The first kappa shape index (κ1) is 17.5. The van der Waals surface area contributed by atoms with Gasteiger partial charge in [0.15, 0.2) is 12.1 Å². The predicted octanol–water partition coefficient (Wildman–Crippen LogP) is 2.86. The summed E-state index contributed by atoms with van der Waals surface area (Å²) >= 11 is 0. The number of hydrogen-bond acceptors (Lipinski definition) is 5. The van der Waals surface area contributed by atoms with Gasteiger partial charge in [0.05, 0.1) is 13.2 Å². The minimum atomic E-state index is -0.102. The lowest BCUT2D eigenvalue weighted by Crippen LogP contribution is -2.39. The molecule has 25 heavy (non-hydrogen) atoms. The van der Waals surface area contributed by atoms with Gasteiger partial charge in [-0.25, -0.2) is 4.98 Å². The quantitative estimate of drug-likeness (QED) is 0.773. The van der Waals surface area contributed by atoms with Crippen LogP contribution in [0.4, 0.5) is 0 Å². The van der Waals surface area contributed by atoms with Crippen LogP contribution in [0.3, 0.4) is 0 Å². The highest BCUT2D eigenvalue weighted by Gasteiger charge is 2.26. The van der Waals surface area contributed by atoms with Crippen molar-refractivity contribution in [2.24, 2.45) is 0 Å². The van der Waals surface area contributed by atoms with Gasteiger partial charge in [0.2, 0.25) is 0 Å². The number of rotatable bonds is 7. The van der Waals surface area contributed by atoms with Gasteiger partial charge >= 0.3 is 0 Å². The Morgan fingerprint density at radius 1 is 1.36 bits per heavy atom. The Balaban J connectivity index is 1.68. The molecule has 6 heteroatoms. The second-order valence-corrected chi connectivity index (χ2v) is 6.24. The van der Waals surface area contributed by atoms with Gasteiger partial charge in [0, 0.05) is 19.7 Å². The molecule has 1 atom stereocenters. The number of methoxy groups -OCH3 is 1. The van der Waals surface area contributed by atoms with Crippen molar-refractivity contribution in [1.29, 1.82) is 0 Å². The van der Waals surface area contributed by atoms with Gasteiger partial charge in [-0.3, -0.25) is 4.79 Å². The summed E-state index contributed by atoms with van der Waals surface area (Å²) in [5.41, 5.74) is 1.54. The zero-order valence-corrected chi connectivity index (χ0v) is 14.7. The molecule has 0 saturated carbocycles. The Kier molecular flexibility index (Phi) is 5.71. The largest absolute Gasteiger partial charge is 0.497 e. The highest BCUT2D eigenvalue weighted by molar-refractivity contribution is 5.93. The molecule has 1 amide bonds. The van der Waals surface area contributed by atoms with E-state index in [-0.39, 0.29) is 12.0 Å².